The van der Waals surface area contributed by atoms with E-state index in [0.29, 0.717) is 26.4 Å². The Hall–Kier alpha value is -1.87. The average Bonchev–Trinajstić information content (AvgIpc) is 2.47. The lowest BCUT2D eigenvalue weighted by atomic mass is 10.1. The Bertz CT molecular complexity index is 410. The molecule has 0 spiro atoms. The van der Waals surface area contributed by atoms with Gasteiger partial charge in [0, 0.05) is 19.6 Å². The number of rotatable bonds is 4. The molecule has 2 saturated heterocycles. The van der Waals surface area contributed by atoms with Gasteiger partial charge in [-0.25, -0.2) is 4.79 Å². The molecule has 2 aliphatic heterocycles. The van der Waals surface area contributed by atoms with E-state index >= 15 is 0 Å². The Balaban J connectivity index is 1.88. The first-order valence-electron chi connectivity index (χ1n) is 6.81. The molecule has 0 bridgehead atoms. The van der Waals surface area contributed by atoms with E-state index in [9.17, 15) is 14.4 Å². The molecule has 21 heavy (non-hydrogen) atoms. The number of hydrogen-bond acceptors (Lipinski definition) is 5. The molecule has 2 heterocycles. The van der Waals surface area contributed by atoms with E-state index in [1.165, 1.54) is 4.90 Å². The fraction of sp³-hybridized carbons (Fsp3) is 0.750. The number of urea groups is 1. The Kier molecular flexibility index (Phi) is 5.34. The van der Waals surface area contributed by atoms with Gasteiger partial charge in [0.15, 0.2) is 0 Å². The van der Waals surface area contributed by atoms with Crippen molar-refractivity contribution in [1.82, 2.24) is 15.5 Å². The number of amides is 3. The number of nitrogens with one attached hydrogen (secondary N) is 2. The fourth-order valence-electron chi connectivity index (χ4n) is 2.28. The van der Waals surface area contributed by atoms with E-state index in [0.717, 1.165) is 0 Å². The third-order valence-electron chi connectivity index (χ3n) is 3.33. The van der Waals surface area contributed by atoms with Gasteiger partial charge in [-0.05, 0) is 0 Å². The molecule has 2 unspecified atom stereocenters. The first kappa shape index (κ1) is 15.5. The molecular formula is C12H19N3O6. The molecule has 0 aromatic carbocycles. The van der Waals surface area contributed by atoms with Crippen LogP contribution in [0.5, 0.6) is 0 Å². The van der Waals surface area contributed by atoms with Gasteiger partial charge in [-0.1, -0.05) is 0 Å². The van der Waals surface area contributed by atoms with Crippen LogP contribution in [0.4, 0.5) is 4.79 Å². The van der Waals surface area contributed by atoms with Crippen molar-refractivity contribution in [3.05, 3.63) is 0 Å². The van der Waals surface area contributed by atoms with Gasteiger partial charge in [0.2, 0.25) is 5.91 Å². The molecule has 9 heteroatoms. The SMILES string of the molecule is O=C(O)CC1C(=O)NCCN1C(=O)NCC1COCCO1. The topological polar surface area (TPSA) is 117 Å². The van der Waals surface area contributed by atoms with E-state index in [1.807, 2.05) is 0 Å². The highest BCUT2D eigenvalue weighted by Gasteiger charge is 2.34. The zero-order chi connectivity index (χ0) is 15.2. The number of aliphatic carboxylic acids is 1. The number of nitrogens with zero attached hydrogens (tertiary/aromatic N) is 1. The predicted octanol–water partition coefficient (Wildman–Crippen LogP) is -1.61. The summed E-state index contributed by atoms with van der Waals surface area (Å²) >= 11 is 0. The molecule has 0 aliphatic carbocycles. The molecule has 0 aromatic heterocycles. The number of carbonyl (C=O) groups is 3. The lowest BCUT2D eigenvalue weighted by Crippen LogP contribution is -2.60. The summed E-state index contributed by atoms with van der Waals surface area (Å²) in [4.78, 5) is 35.9. The summed E-state index contributed by atoms with van der Waals surface area (Å²) in [5, 5.41) is 14.1. The summed E-state index contributed by atoms with van der Waals surface area (Å²) in [5.74, 6) is -1.57. The lowest BCUT2D eigenvalue weighted by Gasteiger charge is -2.34. The Morgan fingerprint density at radius 3 is 2.90 bits per heavy atom. The van der Waals surface area contributed by atoms with Gasteiger partial charge in [0.25, 0.3) is 0 Å². The van der Waals surface area contributed by atoms with Gasteiger partial charge in [0.05, 0.1) is 32.3 Å². The van der Waals surface area contributed by atoms with Gasteiger partial charge in [-0.2, -0.15) is 0 Å². The molecule has 0 radical (unpaired) electrons. The fourth-order valence-corrected chi connectivity index (χ4v) is 2.28. The summed E-state index contributed by atoms with van der Waals surface area (Å²) in [6, 6.07) is -1.45. The van der Waals surface area contributed by atoms with Crippen LogP contribution in [0.3, 0.4) is 0 Å². The minimum atomic E-state index is -1.13. The average molecular weight is 301 g/mol. The van der Waals surface area contributed by atoms with Crippen LogP contribution in [0.2, 0.25) is 0 Å². The Labute approximate surface area is 121 Å². The van der Waals surface area contributed by atoms with Gasteiger partial charge in [-0.3, -0.25) is 9.59 Å². The summed E-state index contributed by atoms with van der Waals surface area (Å²) in [5.41, 5.74) is 0. The van der Waals surface area contributed by atoms with Crippen molar-refractivity contribution in [3.63, 3.8) is 0 Å². The monoisotopic (exact) mass is 301 g/mol. The summed E-state index contributed by atoms with van der Waals surface area (Å²) in [6.45, 7) is 2.27. The van der Waals surface area contributed by atoms with Crippen molar-refractivity contribution in [2.24, 2.45) is 0 Å². The summed E-state index contributed by atoms with van der Waals surface area (Å²) in [6.07, 6.45) is -0.637. The quantitative estimate of drug-likeness (QED) is 0.575. The summed E-state index contributed by atoms with van der Waals surface area (Å²) in [7, 11) is 0. The zero-order valence-electron chi connectivity index (χ0n) is 11.5. The van der Waals surface area contributed by atoms with Crippen molar-refractivity contribution in [3.8, 4) is 0 Å². The minimum absolute atomic E-state index is 0.223. The number of carbonyl (C=O) groups excluding carboxylic acids is 2. The third-order valence-corrected chi connectivity index (χ3v) is 3.33. The minimum Gasteiger partial charge on any atom is -0.481 e. The summed E-state index contributed by atoms with van der Waals surface area (Å²) < 4.78 is 10.6. The zero-order valence-corrected chi connectivity index (χ0v) is 11.5. The molecule has 3 N–H and O–H groups in total. The first-order chi connectivity index (χ1) is 10.1. The molecule has 2 fully saturated rings. The number of piperazine rings is 1. The highest BCUT2D eigenvalue weighted by molar-refractivity contribution is 5.91. The standard InChI is InChI=1S/C12H19N3O6/c16-10(17)5-9-11(18)13-1-2-15(9)12(19)14-6-8-7-20-3-4-21-8/h8-9H,1-7H2,(H,13,18)(H,14,19)(H,16,17). The highest BCUT2D eigenvalue weighted by Crippen LogP contribution is 2.09. The number of carboxylic acid groups (broad SMARTS) is 1. The molecule has 9 nitrogen and oxygen atoms in total. The van der Waals surface area contributed by atoms with Crippen LogP contribution in [0.25, 0.3) is 0 Å². The van der Waals surface area contributed by atoms with Crippen molar-refractivity contribution < 1.29 is 29.0 Å². The molecule has 2 aliphatic rings. The van der Waals surface area contributed by atoms with E-state index in [4.69, 9.17) is 14.6 Å². The maximum atomic E-state index is 12.1. The van der Waals surface area contributed by atoms with Gasteiger partial charge in [0.1, 0.15) is 6.04 Å². The maximum absolute atomic E-state index is 12.1. The maximum Gasteiger partial charge on any atom is 0.318 e. The number of ether oxygens (including phenoxy) is 2. The predicted molar refractivity (Wildman–Crippen MR) is 69.7 cm³/mol. The van der Waals surface area contributed by atoms with Crippen LogP contribution in [-0.2, 0) is 19.1 Å². The Morgan fingerprint density at radius 2 is 2.24 bits per heavy atom. The van der Waals surface area contributed by atoms with Crippen LogP contribution < -0.4 is 10.6 Å². The van der Waals surface area contributed by atoms with Crippen LogP contribution in [0.15, 0.2) is 0 Å². The second-order valence-corrected chi connectivity index (χ2v) is 4.85. The van der Waals surface area contributed by atoms with Crippen molar-refractivity contribution in [2.45, 2.75) is 18.6 Å². The molecule has 0 saturated carbocycles. The molecule has 0 aromatic rings. The molecule has 2 rings (SSSR count). The van der Waals surface area contributed by atoms with Gasteiger partial charge in [-0.15, -0.1) is 0 Å². The Morgan fingerprint density at radius 1 is 1.43 bits per heavy atom. The smallest absolute Gasteiger partial charge is 0.318 e. The van der Waals surface area contributed by atoms with E-state index in [2.05, 4.69) is 10.6 Å². The van der Waals surface area contributed by atoms with Crippen LogP contribution in [-0.4, -0.2) is 79.5 Å². The van der Waals surface area contributed by atoms with E-state index in [1.54, 1.807) is 0 Å². The first-order valence-corrected chi connectivity index (χ1v) is 6.81. The van der Waals surface area contributed by atoms with Crippen molar-refractivity contribution in [1.29, 1.82) is 0 Å². The molecule has 2 atom stereocenters. The third kappa shape index (κ3) is 4.30. The largest absolute Gasteiger partial charge is 0.481 e. The van der Waals surface area contributed by atoms with Crippen molar-refractivity contribution >= 4 is 17.9 Å². The highest BCUT2D eigenvalue weighted by atomic mass is 16.6. The number of carboxylic acids is 1. The van der Waals surface area contributed by atoms with Gasteiger partial charge >= 0.3 is 12.0 Å². The second kappa shape index (κ2) is 7.23. The molecule has 3 amide bonds. The van der Waals surface area contributed by atoms with E-state index in [-0.39, 0.29) is 19.2 Å². The van der Waals surface area contributed by atoms with Crippen LogP contribution in [0.1, 0.15) is 6.42 Å². The number of hydrogen-bond donors (Lipinski definition) is 3. The van der Waals surface area contributed by atoms with Crippen LogP contribution in [0, 0.1) is 0 Å². The van der Waals surface area contributed by atoms with E-state index < -0.39 is 30.4 Å². The second-order valence-electron chi connectivity index (χ2n) is 4.85. The normalized spacial score (nSPS) is 26.1. The van der Waals surface area contributed by atoms with Crippen LogP contribution >= 0.6 is 0 Å². The molecule has 118 valence electrons. The van der Waals surface area contributed by atoms with Crippen molar-refractivity contribution in [2.75, 3.05) is 39.5 Å². The lowest BCUT2D eigenvalue weighted by molar-refractivity contribution is -0.142. The molecular weight excluding hydrogens is 282 g/mol. The van der Waals surface area contributed by atoms with Gasteiger partial charge < -0.3 is 30.1 Å².